The number of nitrogens with zero attached hydrogens (tertiary/aromatic N) is 3. The van der Waals surface area contributed by atoms with Crippen molar-refractivity contribution in [2.45, 2.75) is 6.92 Å². The lowest BCUT2D eigenvalue weighted by Gasteiger charge is -2.07. The number of aryl methyl sites for hydroxylation is 1. The number of halogens is 2. The van der Waals surface area contributed by atoms with Gasteiger partial charge in [0, 0.05) is 11.6 Å². The molecule has 0 saturated heterocycles. The predicted octanol–water partition coefficient (Wildman–Crippen LogP) is 3.90. The number of nitro groups is 1. The summed E-state index contributed by atoms with van der Waals surface area (Å²) in [7, 11) is 0. The molecule has 2 aromatic rings. The molecule has 0 aliphatic rings. The Balaban J connectivity index is 2.32. The molecule has 0 fully saturated rings. The highest BCUT2D eigenvalue weighted by Crippen LogP contribution is 2.32. The number of ether oxygens (including phenoxy) is 1. The van der Waals surface area contributed by atoms with Gasteiger partial charge in [-0.1, -0.05) is 11.6 Å². The molecule has 0 aliphatic heterocycles. The van der Waals surface area contributed by atoms with Crippen molar-refractivity contribution in [3.05, 3.63) is 49.8 Å². The maximum absolute atomic E-state index is 10.7. The van der Waals surface area contributed by atoms with Crippen LogP contribution in [0.5, 0.6) is 11.6 Å². The van der Waals surface area contributed by atoms with Crippen LogP contribution in [0.1, 0.15) is 5.56 Å². The summed E-state index contributed by atoms with van der Waals surface area (Å²) < 4.78 is 5.92. The Bertz CT molecular complexity index is 651. The molecular formula is C11H7BrClN3O3. The molecule has 0 aliphatic carbocycles. The highest BCUT2D eigenvalue weighted by Gasteiger charge is 2.13. The summed E-state index contributed by atoms with van der Waals surface area (Å²) in [6.07, 6.45) is 1.26. The summed E-state index contributed by atoms with van der Waals surface area (Å²) in [6.45, 7) is 1.63. The molecule has 0 amide bonds. The van der Waals surface area contributed by atoms with Gasteiger partial charge in [0.2, 0.25) is 5.88 Å². The standard InChI is InChI=1S/C11H7BrClN3O3/c1-6-4-7(2-3-8(6)16(17)18)19-11-9(12)10(13)14-5-15-11/h2-5H,1H3. The van der Waals surface area contributed by atoms with Crippen LogP contribution in [0, 0.1) is 17.0 Å². The lowest BCUT2D eigenvalue weighted by atomic mass is 10.2. The Labute approximate surface area is 121 Å². The first kappa shape index (κ1) is 13.7. The van der Waals surface area contributed by atoms with Crippen LogP contribution in [0.25, 0.3) is 0 Å². The lowest BCUT2D eigenvalue weighted by molar-refractivity contribution is -0.385. The largest absolute Gasteiger partial charge is 0.438 e. The van der Waals surface area contributed by atoms with Crippen molar-refractivity contribution in [1.82, 2.24) is 9.97 Å². The van der Waals surface area contributed by atoms with Gasteiger partial charge in [-0.15, -0.1) is 0 Å². The zero-order chi connectivity index (χ0) is 14.0. The second-order valence-corrected chi connectivity index (χ2v) is 4.74. The molecule has 19 heavy (non-hydrogen) atoms. The van der Waals surface area contributed by atoms with Crippen molar-refractivity contribution < 1.29 is 9.66 Å². The first-order valence-corrected chi connectivity index (χ1v) is 6.25. The van der Waals surface area contributed by atoms with E-state index in [4.69, 9.17) is 16.3 Å². The molecule has 0 spiro atoms. The molecule has 1 heterocycles. The fourth-order valence-electron chi connectivity index (χ4n) is 1.41. The molecular weight excluding hydrogens is 337 g/mol. The van der Waals surface area contributed by atoms with E-state index in [9.17, 15) is 10.1 Å². The molecule has 2 rings (SSSR count). The smallest absolute Gasteiger partial charge is 0.272 e. The third kappa shape index (κ3) is 2.99. The van der Waals surface area contributed by atoms with E-state index in [1.807, 2.05) is 0 Å². The van der Waals surface area contributed by atoms with Gasteiger partial charge < -0.3 is 4.74 Å². The molecule has 0 saturated carbocycles. The molecule has 8 heteroatoms. The highest BCUT2D eigenvalue weighted by molar-refractivity contribution is 9.10. The van der Waals surface area contributed by atoms with E-state index in [1.165, 1.54) is 18.5 Å². The van der Waals surface area contributed by atoms with Crippen LogP contribution in [-0.2, 0) is 0 Å². The SMILES string of the molecule is Cc1cc(Oc2ncnc(Cl)c2Br)ccc1[N+](=O)[O-]. The van der Waals surface area contributed by atoms with E-state index in [0.29, 0.717) is 15.8 Å². The summed E-state index contributed by atoms with van der Waals surface area (Å²) in [5.74, 6) is 0.673. The van der Waals surface area contributed by atoms with Crippen LogP contribution in [-0.4, -0.2) is 14.9 Å². The van der Waals surface area contributed by atoms with Gasteiger partial charge in [0.1, 0.15) is 16.5 Å². The Morgan fingerprint density at radius 2 is 2.16 bits per heavy atom. The second kappa shape index (κ2) is 5.50. The van der Waals surface area contributed by atoms with E-state index in [1.54, 1.807) is 13.0 Å². The molecule has 0 radical (unpaired) electrons. The average Bonchev–Trinajstić information content (AvgIpc) is 2.34. The third-order valence-electron chi connectivity index (χ3n) is 2.29. The minimum atomic E-state index is -0.448. The van der Waals surface area contributed by atoms with Gasteiger partial charge in [-0.05, 0) is 35.0 Å². The molecule has 0 N–H and O–H groups in total. The Hall–Kier alpha value is -1.73. The molecule has 1 aromatic carbocycles. The van der Waals surface area contributed by atoms with E-state index in [2.05, 4.69) is 25.9 Å². The maximum atomic E-state index is 10.7. The fourth-order valence-corrected chi connectivity index (χ4v) is 1.82. The summed E-state index contributed by atoms with van der Waals surface area (Å²) in [5, 5.41) is 10.9. The average molecular weight is 345 g/mol. The van der Waals surface area contributed by atoms with Crippen molar-refractivity contribution in [3.63, 3.8) is 0 Å². The number of hydrogen-bond acceptors (Lipinski definition) is 5. The molecule has 1 aromatic heterocycles. The number of nitro benzene ring substituents is 1. The van der Waals surface area contributed by atoms with Crippen LogP contribution < -0.4 is 4.74 Å². The van der Waals surface area contributed by atoms with Crippen molar-refractivity contribution >= 4 is 33.2 Å². The van der Waals surface area contributed by atoms with Crippen molar-refractivity contribution in [3.8, 4) is 11.6 Å². The van der Waals surface area contributed by atoms with E-state index < -0.39 is 4.92 Å². The quantitative estimate of drug-likeness (QED) is 0.479. The number of rotatable bonds is 3. The summed E-state index contributed by atoms with van der Waals surface area (Å²) in [5.41, 5.74) is 0.533. The van der Waals surface area contributed by atoms with Crippen molar-refractivity contribution in [2.75, 3.05) is 0 Å². The molecule has 0 atom stereocenters. The Kier molecular flexibility index (Phi) is 3.96. The highest BCUT2D eigenvalue weighted by atomic mass is 79.9. The number of aromatic nitrogens is 2. The maximum Gasteiger partial charge on any atom is 0.272 e. The summed E-state index contributed by atoms with van der Waals surface area (Å²) in [4.78, 5) is 18.0. The van der Waals surface area contributed by atoms with E-state index >= 15 is 0 Å². The Morgan fingerprint density at radius 3 is 2.79 bits per heavy atom. The monoisotopic (exact) mass is 343 g/mol. The van der Waals surface area contributed by atoms with Gasteiger partial charge >= 0.3 is 0 Å². The van der Waals surface area contributed by atoms with E-state index in [-0.39, 0.29) is 16.7 Å². The first-order valence-electron chi connectivity index (χ1n) is 5.08. The van der Waals surface area contributed by atoms with Crippen LogP contribution in [0.15, 0.2) is 29.0 Å². The van der Waals surface area contributed by atoms with E-state index in [0.717, 1.165) is 0 Å². The normalized spacial score (nSPS) is 10.3. The second-order valence-electron chi connectivity index (χ2n) is 3.59. The number of benzene rings is 1. The van der Waals surface area contributed by atoms with Gasteiger partial charge in [0.05, 0.1) is 4.92 Å². The van der Waals surface area contributed by atoms with Crippen LogP contribution in [0.4, 0.5) is 5.69 Å². The third-order valence-corrected chi connectivity index (χ3v) is 3.52. The minimum Gasteiger partial charge on any atom is -0.438 e. The fraction of sp³-hybridized carbons (Fsp3) is 0.0909. The van der Waals surface area contributed by atoms with Crippen LogP contribution in [0.2, 0.25) is 5.15 Å². The van der Waals surface area contributed by atoms with Crippen LogP contribution >= 0.6 is 27.5 Å². The van der Waals surface area contributed by atoms with Crippen molar-refractivity contribution in [2.24, 2.45) is 0 Å². The zero-order valence-electron chi connectivity index (χ0n) is 9.63. The molecule has 0 unspecified atom stereocenters. The summed E-state index contributed by atoms with van der Waals surface area (Å²) in [6, 6.07) is 4.43. The van der Waals surface area contributed by atoms with Crippen LogP contribution in [0.3, 0.4) is 0 Å². The van der Waals surface area contributed by atoms with Gasteiger partial charge in [0.15, 0.2) is 5.15 Å². The minimum absolute atomic E-state index is 0.0344. The summed E-state index contributed by atoms with van der Waals surface area (Å²) >= 11 is 9.01. The van der Waals surface area contributed by atoms with Crippen molar-refractivity contribution in [1.29, 1.82) is 0 Å². The Morgan fingerprint density at radius 1 is 1.42 bits per heavy atom. The first-order chi connectivity index (χ1) is 8.99. The lowest BCUT2D eigenvalue weighted by Crippen LogP contribution is -1.94. The van der Waals surface area contributed by atoms with Gasteiger partial charge in [0.25, 0.3) is 5.69 Å². The zero-order valence-corrected chi connectivity index (χ0v) is 12.0. The predicted molar refractivity (Wildman–Crippen MR) is 72.6 cm³/mol. The van der Waals surface area contributed by atoms with Gasteiger partial charge in [-0.25, -0.2) is 9.97 Å². The number of hydrogen-bond donors (Lipinski definition) is 0. The molecule has 98 valence electrons. The molecule has 6 nitrogen and oxygen atoms in total. The topological polar surface area (TPSA) is 78.2 Å². The molecule has 0 bridgehead atoms. The van der Waals surface area contributed by atoms with Gasteiger partial charge in [-0.2, -0.15) is 0 Å². The van der Waals surface area contributed by atoms with Gasteiger partial charge in [-0.3, -0.25) is 10.1 Å².